The predicted octanol–water partition coefficient (Wildman–Crippen LogP) is 2.62. The normalized spacial score (nSPS) is 10.5. The van der Waals surface area contributed by atoms with Crippen molar-refractivity contribution in [3.8, 4) is 0 Å². The minimum atomic E-state index is -0.303. The smallest absolute Gasteiger partial charge is 0.330 e. The Hall–Kier alpha value is -1.32. The summed E-state index contributed by atoms with van der Waals surface area (Å²) in [6, 6.07) is 0. The van der Waals surface area contributed by atoms with Gasteiger partial charge in [0.2, 0.25) is 0 Å². The van der Waals surface area contributed by atoms with E-state index in [1.165, 1.54) is 20.3 Å². The second-order valence-electron chi connectivity index (χ2n) is 3.81. The first-order valence-electron chi connectivity index (χ1n) is 6.02. The number of hydrogen-bond donors (Lipinski definition) is 0. The summed E-state index contributed by atoms with van der Waals surface area (Å²) in [6.45, 7) is 0. The molecule has 0 bridgehead atoms. The number of ether oxygens (including phenoxy) is 2. The van der Waals surface area contributed by atoms with Crippen molar-refractivity contribution in [2.24, 2.45) is 0 Å². The molecular formula is C13H22O4. The molecule has 0 aromatic heterocycles. The van der Waals surface area contributed by atoms with Gasteiger partial charge < -0.3 is 9.47 Å². The molecule has 0 heterocycles. The highest BCUT2D eigenvalue weighted by molar-refractivity contribution is 5.81. The van der Waals surface area contributed by atoms with E-state index in [1.54, 1.807) is 0 Å². The number of carbonyl (C=O) groups excluding carboxylic acids is 2. The molecule has 98 valence electrons. The van der Waals surface area contributed by atoms with Gasteiger partial charge in [-0.1, -0.05) is 25.3 Å². The molecule has 4 nitrogen and oxygen atoms in total. The second-order valence-corrected chi connectivity index (χ2v) is 3.81. The zero-order valence-corrected chi connectivity index (χ0v) is 10.7. The molecule has 0 fully saturated rings. The van der Waals surface area contributed by atoms with Gasteiger partial charge in [0, 0.05) is 12.5 Å². The van der Waals surface area contributed by atoms with Crippen molar-refractivity contribution in [2.75, 3.05) is 14.2 Å². The quantitative estimate of drug-likeness (QED) is 0.354. The van der Waals surface area contributed by atoms with Crippen LogP contribution in [0.2, 0.25) is 0 Å². The van der Waals surface area contributed by atoms with E-state index in [1.807, 2.05) is 6.08 Å². The number of methoxy groups -OCH3 is 2. The molecule has 0 N–H and O–H groups in total. The number of rotatable bonds is 9. The Morgan fingerprint density at radius 1 is 0.941 bits per heavy atom. The average molecular weight is 242 g/mol. The SMILES string of the molecule is COC(=O)C=CCCCCCCCC(=O)OC. The van der Waals surface area contributed by atoms with E-state index in [0.29, 0.717) is 6.42 Å². The Kier molecular flexibility index (Phi) is 10.3. The number of allylic oxidation sites excluding steroid dienone is 1. The molecule has 0 atom stereocenters. The zero-order chi connectivity index (χ0) is 12.9. The molecule has 0 aliphatic heterocycles. The van der Waals surface area contributed by atoms with Gasteiger partial charge in [0.05, 0.1) is 14.2 Å². The van der Waals surface area contributed by atoms with E-state index >= 15 is 0 Å². The van der Waals surface area contributed by atoms with Crippen LogP contribution in [0.25, 0.3) is 0 Å². The summed E-state index contributed by atoms with van der Waals surface area (Å²) in [5, 5.41) is 0. The maximum Gasteiger partial charge on any atom is 0.330 e. The van der Waals surface area contributed by atoms with Gasteiger partial charge >= 0.3 is 11.9 Å². The molecule has 0 saturated carbocycles. The fourth-order valence-corrected chi connectivity index (χ4v) is 1.41. The van der Waals surface area contributed by atoms with Crippen LogP contribution in [0.1, 0.15) is 44.9 Å². The minimum absolute atomic E-state index is 0.133. The molecule has 0 aromatic carbocycles. The number of carbonyl (C=O) groups is 2. The molecule has 4 heteroatoms. The number of hydrogen-bond acceptors (Lipinski definition) is 4. The van der Waals surface area contributed by atoms with Crippen LogP contribution < -0.4 is 0 Å². The summed E-state index contributed by atoms with van der Waals surface area (Å²) in [7, 11) is 2.78. The average Bonchev–Trinajstić information content (AvgIpc) is 2.35. The second kappa shape index (κ2) is 11.2. The van der Waals surface area contributed by atoms with Crippen LogP contribution in [-0.2, 0) is 19.1 Å². The highest BCUT2D eigenvalue weighted by Gasteiger charge is 1.98. The molecule has 0 aliphatic carbocycles. The van der Waals surface area contributed by atoms with E-state index in [4.69, 9.17) is 0 Å². The largest absolute Gasteiger partial charge is 0.469 e. The molecule has 0 aromatic rings. The van der Waals surface area contributed by atoms with E-state index < -0.39 is 0 Å². The van der Waals surface area contributed by atoms with Crippen LogP contribution in [0.4, 0.5) is 0 Å². The van der Waals surface area contributed by atoms with E-state index in [0.717, 1.165) is 38.5 Å². The van der Waals surface area contributed by atoms with Gasteiger partial charge in [0.15, 0.2) is 0 Å². The van der Waals surface area contributed by atoms with Crippen LogP contribution >= 0.6 is 0 Å². The summed E-state index contributed by atoms with van der Waals surface area (Å²) >= 11 is 0. The summed E-state index contributed by atoms with van der Waals surface area (Å²) in [4.78, 5) is 21.5. The van der Waals surface area contributed by atoms with Crippen LogP contribution in [0, 0.1) is 0 Å². The van der Waals surface area contributed by atoms with Crippen molar-refractivity contribution >= 4 is 11.9 Å². The third kappa shape index (κ3) is 11.0. The Morgan fingerprint density at radius 3 is 2.24 bits per heavy atom. The molecule has 0 amide bonds. The third-order valence-corrected chi connectivity index (χ3v) is 2.43. The third-order valence-electron chi connectivity index (χ3n) is 2.43. The van der Waals surface area contributed by atoms with Crippen molar-refractivity contribution in [3.63, 3.8) is 0 Å². The van der Waals surface area contributed by atoms with Crippen LogP contribution in [0.3, 0.4) is 0 Å². The lowest BCUT2D eigenvalue weighted by molar-refractivity contribution is -0.140. The van der Waals surface area contributed by atoms with Crippen molar-refractivity contribution in [1.82, 2.24) is 0 Å². The van der Waals surface area contributed by atoms with Crippen LogP contribution in [0.5, 0.6) is 0 Å². The van der Waals surface area contributed by atoms with Gasteiger partial charge in [-0.3, -0.25) is 4.79 Å². The van der Waals surface area contributed by atoms with Gasteiger partial charge in [0.25, 0.3) is 0 Å². The van der Waals surface area contributed by atoms with Gasteiger partial charge in [-0.2, -0.15) is 0 Å². The topological polar surface area (TPSA) is 52.6 Å². The maximum atomic E-state index is 10.8. The van der Waals surface area contributed by atoms with Crippen molar-refractivity contribution < 1.29 is 19.1 Å². The lowest BCUT2D eigenvalue weighted by atomic mass is 10.1. The van der Waals surface area contributed by atoms with Crippen molar-refractivity contribution in [3.05, 3.63) is 12.2 Å². The molecule has 0 spiro atoms. The monoisotopic (exact) mass is 242 g/mol. The highest BCUT2D eigenvalue weighted by Crippen LogP contribution is 2.08. The summed E-state index contributed by atoms with van der Waals surface area (Å²) in [5.41, 5.74) is 0. The molecule has 0 rings (SSSR count). The van der Waals surface area contributed by atoms with Gasteiger partial charge in [-0.25, -0.2) is 4.79 Å². The Labute approximate surface area is 103 Å². The lowest BCUT2D eigenvalue weighted by Gasteiger charge is -1.99. The van der Waals surface area contributed by atoms with E-state index in [-0.39, 0.29) is 11.9 Å². The minimum Gasteiger partial charge on any atom is -0.469 e. The van der Waals surface area contributed by atoms with Gasteiger partial charge in [0.1, 0.15) is 0 Å². The first-order valence-corrected chi connectivity index (χ1v) is 6.02. The van der Waals surface area contributed by atoms with E-state index in [9.17, 15) is 9.59 Å². The van der Waals surface area contributed by atoms with Crippen LogP contribution in [0.15, 0.2) is 12.2 Å². The molecule has 17 heavy (non-hydrogen) atoms. The summed E-state index contributed by atoms with van der Waals surface area (Å²) in [5.74, 6) is -0.436. The maximum absolute atomic E-state index is 10.8. The van der Waals surface area contributed by atoms with Gasteiger partial charge in [-0.15, -0.1) is 0 Å². The number of unbranched alkanes of at least 4 members (excludes halogenated alkanes) is 5. The van der Waals surface area contributed by atoms with Gasteiger partial charge in [-0.05, 0) is 19.3 Å². The molecular weight excluding hydrogens is 220 g/mol. The fourth-order valence-electron chi connectivity index (χ4n) is 1.41. The molecule has 0 aliphatic rings. The Balaban J connectivity index is 3.21. The first-order chi connectivity index (χ1) is 8.20. The van der Waals surface area contributed by atoms with Crippen LogP contribution in [-0.4, -0.2) is 26.2 Å². The zero-order valence-electron chi connectivity index (χ0n) is 10.7. The predicted molar refractivity (Wildman–Crippen MR) is 65.5 cm³/mol. The fraction of sp³-hybridized carbons (Fsp3) is 0.692. The van der Waals surface area contributed by atoms with Crippen molar-refractivity contribution in [2.45, 2.75) is 44.9 Å². The standard InChI is InChI=1S/C13H22O4/c1-16-12(14)10-8-6-4-3-5-7-9-11-13(15)17-2/h8,10H,3-7,9,11H2,1-2H3. The molecule has 0 unspecified atom stereocenters. The summed E-state index contributed by atoms with van der Waals surface area (Å²) in [6.07, 6.45) is 9.93. The van der Waals surface area contributed by atoms with E-state index in [2.05, 4.69) is 9.47 Å². The Bertz CT molecular complexity index is 246. The number of esters is 2. The highest BCUT2D eigenvalue weighted by atomic mass is 16.5. The molecule has 0 saturated heterocycles. The van der Waals surface area contributed by atoms with Crippen molar-refractivity contribution in [1.29, 1.82) is 0 Å². The summed E-state index contributed by atoms with van der Waals surface area (Å²) < 4.78 is 9.02. The Morgan fingerprint density at radius 2 is 1.59 bits per heavy atom. The first kappa shape index (κ1) is 15.7. The lowest BCUT2D eigenvalue weighted by Crippen LogP contribution is -1.99. The molecule has 0 radical (unpaired) electrons.